The molecule has 0 fully saturated rings. The van der Waals surface area contributed by atoms with Crippen LogP contribution in [-0.4, -0.2) is 10.5 Å². The zero-order chi connectivity index (χ0) is 14.8. The average molecular weight is 317 g/mol. The summed E-state index contributed by atoms with van der Waals surface area (Å²) in [6, 6.07) is 14.3. The zero-order valence-electron chi connectivity index (χ0n) is 10.4. The maximum absolute atomic E-state index is 13.2. The molecule has 20 heavy (non-hydrogen) atoms. The van der Waals surface area contributed by atoms with Gasteiger partial charge in [0.1, 0.15) is 5.60 Å². The molecule has 0 spiro atoms. The molecule has 106 valence electrons. The van der Waals surface area contributed by atoms with Gasteiger partial charge in [-0.3, -0.25) is 0 Å². The second-order valence-corrected chi connectivity index (χ2v) is 5.51. The molecule has 5 heteroatoms. The molecule has 0 aliphatic carbocycles. The van der Waals surface area contributed by atoms with Gasteiger partial charge in [0, 0.05) is 5.02 Å². The minimum Gasteiger partial charge on any atom is -0.380 e. The van der Waals surface area contributed by atoms with E-state index in [1.54, 1.807) is 30.3 Å². The second kappa shape index (κ2) is 5.68. The maximum atomic E-state index is 13.2. The quantitative estimate of drug-likeness (QED) is 0.803. The first kappa shape index (κ1) is 15.2. The number of hydrogen-bond acceptors (Lipinski definition) is 1. The Balaban J connectivity index is 2.52. The highest BCUT2D eigenvalue weighted by Crippen LogP contribution is 2.41. The fourth-order valence-electron chi connectivity index (χ4n) is 2.10. The summed E-state index contributed by atoms with van der Waals surface area (Å²) in [5, 5.41) is 7.71. The first-order valence-corrected chi connectivity index (χ1v) is 6.67. The molecular weight excluding hydrogens is 305 g/mol. The highest BCUT2D eigenvalue weighted by Gasteiger charge is 2.42. The zero-order valence-corrected chi connectivity index (χ0v) is 11.9. The maximum Gasteiger partial charge on any atom is 0.325 e. The lowest BCUT2D eigenvalue weighted by Crippen LogP contribution is -2.33. The molecule has 1 nitrogen and oxygen atoms in total. The van der Waals surface area contributed by atoms with Gasteiger partial charge in [0.25, 0.3) is 0 Å². The molecule has 2 aromatic rings. The van der Waals surface area contributed by atoms with E-state index in [1.165, 1.54) is 24.3 Å². The van der Waals surface area contributed by atoms with Gasteiger partial charge in [-0.1, -0.05) is 54.1 Å². The van der Waals surface area contributed by atoms with Gasteiger partial charge in [-0.05, 0) is 34.9 Å². The van der Waals surface area contributed by atoms with Crippen molar-refractivity contribution in [3.05, 3.63) is 70.7 Å². The minimum absolute atomic E-state index is 0.313. The van der Waals surface area contributed by atoms with Crippen LogP contribution in [0.4, 0.5) is 8.78 Å². The van der Waals surface area contributed by atoms with Gasteiger partial charge < -0.3 is 5.11 Å². The van der Waals surface area contributed by atoms with Crippen LogP contribution < -0.4 is 0 Å². The lowest BCUT2D eigenvalue weighted by molar-refractivity contribution is -0.0203. The summed E-state index contributed by atoms with van der Waals surface area (Å²) < 4.78 is 26.5. The molecule has 0 bridgehead atoms. The highest BCUT2D eigenvalue weighted by molar-refractivity contribution is 6.30. The van der Waals surface area contributed by atoms with E-state index in [1.807, 2.05) is 0 Å². The van der Waals surface area contributed by atoms with Gasteiger partial charge in [-0.15, -0.1) is 0 Å². The van der Waals surface area contributed by atoms with E-state index in [-0.39, 0.29) is 0 Å². The third-order valence-corrected chi connectivity index (χ3v) is 3.42. The van der Waals surface area contributed by atoms with Crippen LogP contribution in [0.1, 0.15) is 17.5 Å². The summed E-state index contributed by atoms with van der Waals surface area (Å²) in [6.45, 7) is 0. The summed E-state index contributed by atoms with van der Waals surface area (Å²) in [4.78, 5) is 0. The molecule has 0 aliphatic heterocycles. The van der Waals surface area contributed by atoms with Crippen LogP contribution in [0.2, 0.25) is 5.02 Å². The number of hydrogen-bond donors (Lipinski definition) is 1. The van der Waals surface area contributed by atoms with E-state index in [0.717, 1.165) is 0 Å². The van der Waals surface area contributed by atoms with Crippen molar-refractivity contribution in [2.24, 2.45) is 0 Å². The van der Waals surface area contributed by atoms with Crippen molar-refractivity contribution < 1.29 is 13.9 Å². The molecule has 0 saturated carbocycles. The van der Waals surface area contributed by atoms with E-state index in [2.05, 4.69) is 0 Å². The fraction of sp³-hybridized carbons (Fsp3) is 0.200. The monoisotopic (exact) mass is 316 g/mol. The summed E-state index contributed by atoms with van der Waals surface area (Å²) in [7, 11) is 0. The lowest BCUT2D eigenvalue weighted by atomic mass is 9.83. The van der Waals surface area contributed by atoms with Crippen LogP contribution in [0.3, 0.4) is 0 Å². The van der Waals surface area contributed by atoms with E-state index in [9.17, 15) is 13.9 Å². The molecular formula is C15H12Cl2F2O. The third-order valence-electron chi connectivity index (χ3n) is 3.03. The lowest BCUT2D eigenvalue weighted by Gasteiger charge is -2.31. The Morgan fingerprint density at radius 2 is 1.40 bits per heavy atom. The minimum atomic E-state index is -3.52. The van der Waals surface area contributed by atoms with E-state index in [4.69, 9.17) is 23.2 Å². The van der Waals surface area contributed by atoms with Gasteiger partial charge in [-0.2, -0.15) is 8.78 Å². The molecule has 0 aliphatic rings. The number of halogens is 4. The topological polar surface area (TPSA) is 20.2 Å². The van der Waals surface area contributed by atoms with Gasteiger partial charge >= 0.3 is 5.38 Å². The molecule has 0 saturated heterocycles. The van der Waals surface area contributed by atoms with Crippen LogP contribution in [0.5, 0.6) is 0 Å². The molecule has 0 aromatic heterocycles. The molecule has 0 radical (unpaired) electrons. The van der Waals surface area contributed by atoms with Crippen molar-refractivity contribution in [2.75, 3.05) is 0 Å². The van der Waals surface area contributed by atoms with E-state index >= 15 is 0 Å². The molecule has 2 rings (SSSR count). The summed E-state index contributed by atoms with van der Waals surface area (Å²) in [6.07, 6.45) is -0.923. The highest BCUT2D eigenvalue weighted by atomic mass is 35.5. The third kappa shape index (κ3) is 3.48. The van der Waals surface area contributed by atoms with Gasteiger partial charge in [0.2, 0.25) is 0 Å². The number of aliphatic hydroxyl groups is 1. The fourth-order valence-corrected chi connectivity index (χ4v) is 2.42. The number of alkyl halides is 3. The molecule has 0 heterocycles. The summed E-state index contributed by atoms with van der Waals surface area (Å²) in [5.41, 5.74) is -1.21. The van der Waals surface area contributed by atoms with Crippen molar-refractivity contribution in [1.29, 1.82) is 0 Å². The van der Waals surface area contributed by atoms with Gasteiger partial charge in [-0.25, -0.2) is 0 Å². The first-order chi connectivity index (χ1) is 9.31. The molecule has 1 N–H and O–H groups in total. The Kier molecular flexibility index (Phi) is 4.33. The summed E-state index contributed by atoms with van der Waals surface area (Å²) in [5.74, 6) is 0. The van der Waals surface area contributed by atoms with Crippen molar-refractivity contribution in [2.45, 2.75) is 17.4 Å². The predicted octanol–water partition coefficient (Wildman–Crippen LogP) is 4.80. The van der Waals surface area contributed by atoms with Gasteiger partial charge in [0.15, 0.2) is 0 Å². The molecule has 2 aromatic carbocycles. The van der Waals surface area contributed by atoms with E-state index < -0.39 is 17.4 Å². The SMILES string of the molecule is OC(CC(F)(F)Cl)(c1ccccc1)c1ccc(Cl)cc1. The number of rotatable bonds is 4. The average Bonchev–Trinajstić information content (AvgIpc) is 2.38. The van der Waals surface area contributed by atoms with Crippen LogP contribution >= 0.6 is 23.2 Å². The normalized spacial score (nSPS) is 14.8. The Bertz CT molecular complexity index is 567. The smallest absolute Gasteiger partial charge is 0.325 e. The van der Waals surface area contributed by atoms with Crippen molar-refractivity contribution >= 4 is 23.2 Å². The first-order valence-electron chi connectivity index (χ1n) is 5.92. The Labute approximate surface area is 125 Å². The molecule has 1 atom stereocenters. The van der Waals surface area contributed by atoms with E-state index in [0.29, 0.717) is 16.1 Å². The Morgan fingerprint density at radius 3 is 1.90 bits per heavy atom. The van der Waals surface area contributed by atoms with Crippen molar-refractivity contribution in [1.82, 2.24) is 0 Å². The second-order valence-electron chi connectivity index (χ2n) is 4.53. The number of benzene rings is 2. The predicted molar refractivity (Wildman–Crippen MR) is 76.3 cm³/mol. The van der Waals surface area contributed by atoms with Crippen LogP contribution in [0.15, 0.2) is 54.6 Å². The van der Waals surface area contributed by atoms with Crippen LogP contribution in [-0.2, 0) is 5.60 Å². The van der Waals surface area contributed by atoms with Crippen LogP contribution in [0, 0.1) is 0 Å². The molecule has 1 unspecified atom stereocenters. The van der Waals surface area contributed by atoms with Crippen molar-refractivity contribution in [3.8, 4) is 0 Å². The Hall–Kier alpha value is -1.16. The largest absolute Gasteiger partial charge is 0.380 e. The summed E-state index contributed by atoms with van der Waals surface area (Å²) >= 11 is 10.8. The van der Waals surface area contributed by atoms with Crippen molar-refractivity contribution in [3.63, 3.8) is 0 Å². The Morgan fingerprint density at radius 1 is 0.900 bits per heavy atom. The van der Waals surface area contributed by atoms with Gasteiger partial charge in [0.05, 0.1) is 6.42 Å². The van der Waals surface area contributed by atoms with Crippen LogP contribution in [0.25, 0.3) is 0 Å². The standard InChI is InChI=1S/C15H12Cl2F2O/c16-13-8-6-12(7-9-13)14(20,10-15(17,18)19)11-4-2-1-3-5-11/h1-9,20H,10H2. The molecule has 0 amide bonds.